The van der Waals surface area contributed by atoms with Crippen LogP contribution in [0.2, 0.25) is 0 Å². The van der Waals surface area contributed by atoms with Crippen molar-refractivity contribution in [1.82, 2.24) is 29.5 Å². The average Bonchev–Trinajstić information content (AvgIpc) is 3.65. The maximum absolute atomic E-state index is 6.87. The smallest absolute Gasteiger partial charge is 0.502 e. The van der Waals surface area contributed by atoms with E-state index < -0.39 is 0 Å². The van der Waals surface area contributed by atoms with E-state index in [1.165, 1.54) is 23.8 Å². The molecule has 6 aromatic carbocycles. The van der Waals surface area contributed by atoms with Crippen molar-refractivity contribution in [1.29, 1.82) is 0 Å². The number of nitrogens with zero attached hydrogens (tertiary/aromatic N) is 6. The molecule has 8 nitrogen and oxygen atoms in total. The predicted molar refractivity (Wildman–Crippen MR) is 258 cm³/mol. The fourth-order valence-electron chi connectivity index (χ4n) is 8.35. The molecule has 0 unspecified atom stereocenters. The van der Waals surface area contributed by atoms with E-state index in [0.717, 1.165) is 66.7 Å². The molecule has 10 aromatic rings. The van der Waals surface area contributed by atoms with Crippen molar-refractivity contribution in [3.05, 3.63) is 193 Å². The van der Waals surface area contributed by atoms with Crippen LogP contribution >= 0.6 is 0 Å². The molecule has 0 N–H and O–H groups in total. The SMILES string of the molecule is Cc1cc(-c2ccccn2)[c-]c(Oc2[c-]c3c(cc2)c2ccc(Oc4[c-]c(-c5ccccn5)cc(C)c4-c4ccc(C(C)C)cc4)[c-]c2n3-c2ncncn2)c1-c1ccc(C(C)C)cc1.[Pt+2].[Pt+2]. The third-order valence-electron chi connectivity index (χ3n) is 11.7. The van der Waals surface area contributed by atoms with Crippen molar-refractivity contribution < 1.29 is 51.6 Å². The largest absolute Gasteiger partial charge is 2.00 e. The number of ether oxygens (including phenoxy) is 2. The molecule has 0 atom stereocenters. The molecule has 0 fully saturated rings. The summed E-state index contributed by atoms with van der Waals surface area (Å²) in [7, 11) is 0. The van der Waals surface area contributed by atoms with Crippen LogP contribution in [0, 0.1) is 38.1 Å². The van der Waals surface area contributed by atoms with E-state index in [-0.39, 0.29) is 42.1 Å². The molecule has 334 valence electrons. The van der Waals surface area contributed by atoms with Gasteiger partial charge in [0.05, 0.1) is 0 Å². The van der Waals surface area contributed by atoms with Gasteiger partial charge >= 0.3 is 42.1 Å². The van der Waals surface area contributed by atoms with Gasteiger partial charge in [-0.25, -0.2) is 15.0 Å². The van der Waals surface area contributed by atoms with Crippen molar-refractivity contribution in [2.24, 2.45) is 0 Å². The van der Waals surface area contributed by atoms with E-state index in [1.54, 1.807) is 12.4 Å². The molecule has 0 saturated carbocycles. The molecular formula is C57H44N6O2Pt2. The van der Waals surface area contributed by atoms with Gasteiger partial charge in [-0.3, -0.25) is 0 Å². The minimum Gasteiger partial charge on any atom is -0.502 e. The van der Waals surface area contributed by atoms with E-state index in [2.05, 4.69) is 151 Å². The summed E-state index contributed by atoms with van der Waals surface area (Å²) in [5, 5.41) is 1.82. The molecule has 0 aliphatic carbocycles. The van der Waals surface area contributed by atoms with E-state index in [9.17, 15) is 0 Å². The summed E-state index contributed by atoms with van der Waals surface area (Å²) in [6.45, 7) is 13.0. The summed E-state index contributed by atoms with van der Waals surface area (Å²) >= 11 is 0. The number of hydrogen-bond acceptors (Lipinski definition) is 7. The first kappa shape index (κ1) is 46.9. The number of pyridine rings is 2. The number of rotatable bonds is 11. The van der Waals surface area contributed by atoms with Crippen LogP contribution in [-0.2, 0) is 42.1 Å². The van der Waals surface area contributed by atoms with Gasteiger partial charge in [0.1, 0.15) is 12.7 Å². The van der Waals surface area contributed by atoms with Crippen LogP contribution in [0.4, 0.5) is 0 Å². The van der Waals surface area contributed by atoms with E-state index in [1.807, 2.05) is 65.2 Å². The normalized spacial score (nSPS) is 11.2. The van der Waals surface area contributed by atoms with Crippen LogP contribution in [0.5, 0.6) is 23.0 Å². The second kappa shape index (κ2) is 20.1. The Hall–Kier alpha value is -6.59. The topological polar surface area (TPSA) is 87.8 Å². The van der Waals surface area contributed by atoms with Gasteiger partial charge in [0.15, 0.2) is 0 Å². The van der Waals surface area contributed by atoms with Crippen molar-refractivity contribution in [3.8, 4) is 73.7 Å². The van der Waals surface area contributed by atoms with Crippen LogP contribution in [-0.4, -0.2) is 29.5 Å². The van der Waals surface area contributed by atoms with E-state index >= 15 is 0 Å². The third kappa shape index (κ3) is 9.52. The zero-order valence-corrected chi connectivity index (χ0v) is 42.2. The molecule has 0 aliphatic rings. The molecule has 0 spiro atoms. The Morgan fingerprint density at radius 3 is 1.31 bits per heavy atom. The average molecular weight is 1240 g/mol. The van der Waals surface area contributed by atoms with Gasteiger partial charge in [0, 0.05) is 35.4 Å². The molecule has 0 aliphatic heterocycles. The van der Waals surface area contributed by atoms with Crippen molar-refractivity contribution >= 4 is 21.8 Å². The zero-order valence-electron chi connectivity index (χ0n) is 37.6. The molecule has 0 amide bonds. The standard InChI is InChI=1S/C57H44N6O2.2Pt/c1-35(2)39-13-17-41(18-14-39)55-37(5)27-43(49-11-7-9-25-59-49)29-53(55)64-45-21-23-47-48-24-22-46(32-52(48)63(51(47)31-45)57-61-33-58-34-62-57)65-54-30-44(50-12-8-10-26-60-50)28-38(6)56(54)42-19-15-40(16-20-42)36(3)4;;/h7-28,33-36H,1-6H3;;/q-4;2*+2. The van der Waals surface area contributed by atoms with Gasteiger partial charge in [-0.1, -0.05) is 160 Å². The van der Waals surface area contributed by atoms with Gasteiger partial charge in [0.2, 0.25) is 5.95 Å². The Labute approximate surface area is 420 Å². The Morgan fingerprint density at radius 1 is 0.493 bits per heavy atom. The summed E-state index contributed by atoms with van der Waals surface area (Å²) in [6, 6.07) is 55.5. The monoisotopic (exact) mass is 1230 g/mol. The number of aromatic nitrogens is 6. The van der Waals surface area contributed by atoms with Crippen LogP contribution in [0.15, 0.2) is 146 Å². The van der Waals surface area contributed by atoms with Gasteiger partial charge in [-0.05, 0) is 46.5 Å². The molecule has 67 heavy (non-hydrogen) atoms. The Morgan fingerprint density at radius 2 is 0.925 bits per heavy atom. The molecule has 10 rings (SSSR count). The van der Waals surface area contributed by atoms with Gasteiger partial charge in [0.25, 0.3) is 0 Å². The summed E-state index contributed by atoms with van der Waals surface area (Å²) in [6.07, 6.45) is 6.54. The second-order valence-electron chi connectivity index (χ2n) is 16.8. The zero-order chi connectivity index (χ0) is 44.6. The number of fused-ring (bicyclic) bond motifs is 3. The minimum atomic E-state index is 0. The van der Waals surface area contributed by atoms with Crippen LogP contribution in [0.3, 0.4) is 0 Å². The summed E-state index contributed by atoms with van der Waals surface area (Å²) in [5.41, 5.74) is 13.2. The van der Waals surface area contributed by atoms with Crippen molar-refractivity contribution in [3.63, 3.8) is 0 Å². The second-order valence-corrected chi connectivity index (χ2v) is 16.8. The van der Waals surface area contributed by atoms with Crippen LogP contribution < -0.4 is 9.47 Å². The molecule has 4 aromatic heterocycles. The predicted octanol–water partition coefficient (Wildman–Crippen LogP) is 14.1. The molecule has 0 saturated heterocycles. The summed E-state index contributed by atoms with van der Waals surface area (Å²) < 4.78 is 15.7. The first-order chi connectivity index (χ1) is 31.7. The molecule has 10 heteroatoms. The van der Waals surface area contributed by atoms with Crippen molar-refractivity contribution in [2.75, 3.05) is 0 Å². The number of hydrogen-bond donors (Lipinski definition) is 0. The molecule has 0 bridgehead atoms. The fourth-order valence-corrected chi connectivity index (χ4v) is 8.35. The maximum Gasteiger partial charge on any atom is 2.00 e. The molecule has 0 radical (unpaired) electrons. The van der Waals surface area contributed by atoms with E-state index in [0.29, 0.717) is 51.8 Å². The fraction of sp³-hybridized carbons (Fsp3) is 0.140. The number of aryl methyl sites for hydroxylation is 2. The van der Waals surface area contributed by atoms with Gasteiger partial charge < -0.3 is 24.0 Å². The van der Waals surface area contributed by atoms with Crippen LogP contribution in [0.25, 0.3) is 72.5 Å². The molecular weight excluding hydrogens is 1190 g/mol. The summed E-state index contributed by atoms with van der Waals surface area (Å²) in [5.74, 6) is 3.34. The Balaban J connectivity index is 0.00000304. The quantitative estimate of drug-likeness (QED) is 0.119. The first-order valence-corrected chi connectivity index (χ1v) is 21.8. The van der Waals surface area contributed by atoms with Crippen molar-refractivity contribution in [2.45, 2.75) is 53.4 Å². The first-order valence-electron chi connectivity index (χ1n) is 21.8. The van der Waals surface area contributed by atoms with Gasteiger partial charge in [-0.15, -0.1) is 58.7 Å². The molecule has 4 heterocycles. The Bertz CT molecular complexity index is 3120. The third-order valence-corrected chi connectivity index (χ3v) is 11.7. The van der Waals surface area contributed by atoms with Crippen LogP contribution in [0.1, 0.15) is 61.8 Å². The maximum atomic E-state index is 6.87. The minimum absolute atomic E-state index is 0. The van der Waals surface area contributed by atoms with Gasteiger partial charge in [-0.2, -0.15) is 22.9 Å². The Kier molecular flexibility index (Phi) is 14.1. The number of benzene rings is 6. The van der Waals surface area contributed by atoms with E-state index in [4.69, 9.17) is 9.47 Å². The summed E-state index contributed by atoms with van der Waals surface area (Å²) in [4.78, 5) is 22.6.